The molecule has 0 bridgehead atoms. The first-order valence-electron chi connectivity index (χ1n) is 6.57. The van der Waals surface area contributed by atoms with Gasteiger partial charge in [0.15, 0.2) is 10.6 Å². The van der Waals surface area contributed by atoms with Gasteiger partial charge in [-0.05, 0) is 73.6 Å². The Morgan fingerprint density at radius 3 is 2.43 bits per heavy atom. The van der Waals surface area contributed by atoms with Crippen LogP contribution in [-0.4, -0.2) is 14.8 Å². The van der Waals surface area contributed by atoms with Crippen LogP contribution in [0, 0.1) is 18.6 Å². The summed E-state index contributed by atoms with van der Waals surface area (Å²) in [7, 11) is 0. The highest BCUT2D eigenvalue weighted by molar-refractivity contribution is 7.71. The molecule has 3 aromatic rings. The number of hydrogen-bond acceptors (Lipinski definition) is 2. The molecular weight excluding hydrogens is 302 g/mol. The third kappa shape index (κ3) is 2.64. The van der Waals surface area contributed by atoms with Gasteiger partial charge in [-0.2, -0.15) is 5.10 Å². The minimum absolute atomic E-state index is 0.572. The number of H-pyrrole nitrogens is 1. The normalized spacial score (nSPS) is 10.8. The molecule has 0 aliphatic heterocycles. The second kappa shape index (κ2) is 5.47. The van der Waals surface area contributed by atoms with Gasteiger partial charge in [-0.3, -0.25) is 9.67 Å². The molecule has 1 aromatic heterocycles. The lowest BCUT2D eigenvalue weighted by molar-refractivity contribution is 1.03. The fraction of sp³-hybridized carbons (Fsp3) is 0.125. The fourth-order valence-electron chi connectivity index (χ4n) is 2.19. The number of nitrogens with one attached hydrogen (secondary N) is 1. The molecule has 0 saturated carbocycles. The highest BCUT2D eigenvalue weighted by Gasteiger charge is 2.11. The predicted molar refractivity (Wildman–Crippen MR) is 88.7 cm³/mol. The summed E-state index contributed by atoms with van der Waals surface area (Å²) >= 11 is 11.3. The molecule has 0 unspecified atom stereocenters. The van der Waals surface area contributed by atoms with Crippen LogP contribution in [0.2, 0.25) is 5.02 Å². The van der Waals surface area contributed by atoms with Gasteiger partial charge in [0.05, 0.1) is 5.69 Å². The molecule has 0 spiro atoms. The van der Waals surface area contributed by atoms with Crippen LogP contribution in [0.3, 0.4) is 0 Å². The van der Waals surface area contributed by atoms with Gasteiger partial charge >= 0.3 is 0 Å². The Bertz CT molecular complexity index is 847. The summed E-state index contributed by atoms with van der Waals surface area (Å²) in [6, 6.07) is 13.8. The van der Waals surface area contributed by atoms with E-state index < -0.39 is 0 Å². The van der Waals surface area contributed by atoms with Crippen LogP contribution in [0.4, 0.5) is 0 Å². The van der Waals surface area contributed by atoms with E-state index in [4.69, 9.17) is 23.8 Å². The van der Waals surface area contributed by atoms with Gasteiger partial charge in [0, 0.05) is 10.6 Å². The summed E-state index contributed by atoms with van der Waals surface area (Å²) in [6.45, 7) is 4.18. The Labute approximate surface area is 133 Å². The second-order valence-electron chi connectivity index (χ2n) is 4.96. The van der Waals surface area contributed by atoms with Gasteiger partial charge in [-0.1, -0.05) is 17.7 Å². The van der Waals surface area contributed by atoms with Crippen molar-refractivity contribution in [1.82, 2.24) is 14.8 Å². The largest absolute Gasteiger partial charge is 0.268 e. The zero-order valence-corrected chi connectivity index (χ0v) is 13.3. The van der Waals surface area contributed by atoms with Crippen molar-refractivity contribution in [2.75, 3.05) is 0 Å². The van der Waals surface area contributed by atoms with E-state index in [1.165, 1.54) is 11.1 Å². The lowest BCUT2D eigenvalue weighted by atomic mass is 10.1. The van der Waals surface area contributed by atoms with Crippen LogP contribution in [0.1, 0.15) is 11.1 Å². The number of nitrogens with zero attached hydrogens (tertiary/aromatic N) is 2. The van der Waals surface area contributed by atoms with Crippen LogP contribution in [0.5, 0.6) is 0 Å². The van der Waals surface area contributed by atoms with Gasteiger partial charge in [-0.15, -0.1) is 0 Å². The van der Waals surface area contributed by atoms with Crippen molar-refractivity contribution in [3.05, 3.63) is 63.4 Å². The topological polar surface area (TPSA) is 33.6 Å². The van der Waals surface area contributed by atoms with E-state index in [1.807, 2.05) is 34.9 Å². The number of halogens is 1. The molecule has 1 heterocycles. The van der Waals surface area contributed by atoms with Crippen LogP contribution >= 0.6 is 23.8 Å². The molecule has 106 valence electrons. The highest BCUT2D eigenvalue weighted by Crippen LogP contribution is 2.24. The maximum Gasteiger partial charge on any atom is 0.200 e. The van der Waals surface area contributed by atoms with Crippen LogP contribution in [0.25, 0.3) is 17.1 Å². The first-order valence-corrected chi connectivity index (χ1v) is 7.36. The molecule has 0 saturated heterocycles. The van der Waals surface area contributed by atoms with E-state index in [0.717, 1.165) is 17.1 Å². The quantitative estimate of drug-likeness (QED) is 0.685. The zero-order chi connectivity index (χ0) is 15.0. The van der Waals surface area contributed by atoms with E-state index >= 15 is 0 Å². The molecule has 2 aromatic carbocycles. The van der Waals surface area contributed by atoms with Crippen molar-refractivity contribution >= 4 is 23.8 Å². The zero-order valence-electron chi connectivity index (χ0n) is 11.7. The summed E-state index contributed by atoms with van der Waals surface area (Å²) in [5.74, 6) is 0.778. The maximum atomic E-state index is 5.94. The SMILES string of the molecule is Cc1ccc(-n2c(-c3ccc(Cl)cc3)n[nH]c2=S)cc1C. The Morgan fingerprint density at radius 1 is 1.05 bits per heavy atom. The third-order valence-electron chi connectivity index (χ3n) is 3.52. The van der Waals surface area contributed by atoms with Gasteiger partial charge in [0.1, 0.15) is 0 Å². The van der Waals surface area contributed by atoms with Crippen molar-refractivity contribution in [2.24, 2.45) is 0 Å². The van der Waals surface area contributed by atoms with E-state index in [-0.39, 0.29) is 0 Å². The van der Waals surface area contributed by atoms with Crippen molar-refractivity contribution < 1.29 is 0 Å². The van der Waals surface area contributed by atoms with Crippen LogP contribution in [-0.2, 0) is 0 Å². The second-order valence-corrected chi connectivity index (χ2v) is 5.79. The molecule has 5 heteroatoms. The number of aryl methyl sites for hydroxylation is 2. The number of rotatable bonds is 2. The predicted octanol–water partition coefficient (Wildman–Crippen LogP) is 4.87. The fourth-order valence-corrected chi connectivity index (χ4v) is 2.56. The molecule has 1 N–H and O–H groups in total. The maximum absolute atomic E-state index is 5.94. The lowest BCUT2D eigenvalue weighted by Crippen LogP contribution is -1.98. The van der Waals surface area contributed by atoms with Crippen LogP contribution in [0.15, 0.2) is 42.5 Å². The standard InChI is InChI=1S/C16H14ClN3S/c1-10-3-8-14(9-11(10)2)20-15(18-19-16(20)21)12-4-6-13(17)7-5-12/h3-9H,1-2H3,(H,19,21). The van der Waals surface area contributed by atoms with E-state index in [9.17, 15) is 0 Å². The van der Waals surface area contributed by atoms with Crippen molar-refractivity contribution in [2.45, 2.75) is 13.8 Å². The summed E-state index contributed by atoms with van der Waals surface area (Å²) < 4.78 is 2.51. The molecule has 0 radical (unpaired) electrons. The molecular formula is C16H14ClN3S. The molecule has 21 heavy (non-hydrogen) atoms. The molecule has 0 aliphatic rings. The van der Waals surface area contributed by atoms with Gasteiger partial charge in [0.2, 0.25) is 0 Å². The summed E-state index contributed by atoms with van der Waals surface area (Å²) in [4.78, 5) is 0. The van der Waals surface area contributed by atoms with Gasteiger partial charge in [0.25, 0.3) is 0 Å². The number of aromatic amines is 1. The monoisotopic (exact) mass is 315 g/mol. The number of benzene rings is 2. The molecule has 3 rings (SSSR count). The Morgan fingerprint density at radius 2 is 1.76 bits per heavy atom. The van der Waals surface area contributed by atoms with Crippen molar-refractivity contribution in [3.8, 4) is 17.1 Å². The van der Waals surface area contributed by atoms with Gasteiger partial charge < -0.3 is 0 Å². The van der Waals surface area contributed by atoms with Crippen molar-refractivity contribution in [1.29, 1.82) is 0 Å². The first kappa shape index (κ1) is 14.0. The average molecular weight is 316 g/mol. The first-order chi connectivity index (χ1) is 10.1. The summed E-state index contributed by atoms with van der Waals surface area (Å²) in [6.07, 6.45) is 0. The Balaban J connectivity index is 2.19. The number of hydrogen-bond donors (Lipinski definition) is 1. The van der Waals surface area contributed by atoms with Gasteiger partial charge in [-0.25, -0.2) is 0 Å². The molecule has 0 atom stereocenters. The van der Waals surface area contributed by atoms with E-state index in [0.29, 0.717) is 9.79 Å². The Hall–Kier alpha value is -1.91. The minimum Gasteiger partial charge on any atom is -0.268 e. The summed E-state index contributed by atoms with van der Waals surface area (Å²) in [5.41, 5.74) is 4.44. The van der Waals surface area contributed by atoms with Crippen molar-refractivity contribution in [3.63, 3.8) is 0 Å². The summed E-state index contributed by atoms with van der Waals surface area (Å²) in [5, 5.41) is 7.91. The van der Waals surface area contributed by atoms with E-state index in [1.54, 1.807) is 0 Å². The smallest absolute Gasteiger partial charge is 0.200 e. The third-order valence-corrected chi connectivity index (χ3v) is 4.05. The molecule has 0 amide bonds. The Kier molecular flexibility index (Phi) is 3.66. The minimum atomic E-state index is 0.572. The number of aromatic nitrogens is 3. The highest BCUT2D eigenvalue weighted by atomic mass is 35.5. The van der Waals surface area contributed by atoms with Crippen LogP contribution < -0.4 is 0 Å². The molecule has 3 nitrogen and oxygen atoms in total. The average Bonchev–Trinajstić information content (AvgIpc) is 2.85. The molecule has 0 fully saturated rings. The van der Waals surface area contributed by atoms with E-state index in [2.05, 4.69) is 36.2 Å². The lowest BCUT2D eigenvalue weighted by Gasteiger charge is -2.09. The molecule has 0 aliphatic carbocycles.